The summed E-state index contributed by atoms with van der Waals surface area (Å²) >= 11 is 4.54. The van der Waals surface area contributed by atoms with E-state index in [1.54, 1.807) is 23.1 Å². The first kappa shape index (κ1) is 14.2. The molecule has 1 amide bonds. The van der Waals surface area contributed by atoms with E-state index in [1.807, 2.05) is 24.4 Å². The molecule has 19 heavy (non-hydrogen) atoms. The molecule has 2 heterocycles. The van der Waals surface area contributed by atoms with Crippen LogP contribution >= 0.6 is 34.4 Å². The van der Waals surface area contributed by atoms with Crippen molar-refractivity contribution in [1.29, 1.82) is 0 Å². The third kappa shape index (κ3) is 4.77. The van der Waals surface area contributed by atoms with Gasteiger partial charge in [0.1, 0.15) is 0 Å². The molecule has 0 aliphatic rings. The number of anilines is 1. The van der Waals surface area contributed by atoms with Crippen LogP contribution in [-0.4, -0.2) is 21.9 Å². The number of thiophene rings is 1. The summed E-state index contributed by atoms with van der Waals surface area (Å²) in [7, 11) is 0. The molecule has 4 nitrogen and oxygen atoms in total. The van der Waals surface area contributed by atoms with Gasteiger partial charge in [0.15, 0.2) is 4.34 Å². The average Bonchev–Trinajstić information content (AvgIpc) is 2.98. The SMILES string of the molecule is C=C(C)CSc1nnc(NC(=O)Cc2cccs2)s1. The van der Waals surface area contributed by atoms with Gasteiger partial charge >= 0.3 is 0 Å². The largest absolute Gasteiger partial charge is 0.300 e. The highest BCUT2D eigenvalue weighted by Crippen LogP contribution is 2.26. The lowest BCUT2D eigenvalue weighted by Crippen LogP contribution is -2.13. The van der Waals surface area contributed by atoms with Crippen LogP contribution in [0.3, 0.4) is 0 Å². The lowest BCUT2D eigenvalue weighted by Gasteiger charge is -1.98. The Labute approximate surface area is 124 Å². The first-order valence-corrected chi connectivity index (χ1v) is 8.24. The van der Waals surface area contributed by atoms with Gasteiger partial charge in [-0.2, -0.15) is 0 Å². The summed E-state index contributed by atoms with van der Waals surface area (Å²) in [6.45, 7) is 5.80. The van der Waals surface area contributed by atoms with Crippen molar-refractivity contribution in [2.24, 2.45) is 0 Å². The molecule has 0 saturated carbocycles. The fourth-order valence-corrected chi connectivity index (χ4v) is 3.55. The Bertz CT molecular complexity index is 563. The lowest BCUT2D eigenvalue weighted by molar-refractivity contribution is -0.115. The molecule has 0 aromatic carbocycles. The van der Waals surface area contributed by atoms with Gasteiger partial charge in [0.25, 0.3) is 0 Å². The predicted octanol–water partition coefficient (Wildman–Crippen LogP) is 3.45. The highest BCUT2D eigenvalue weighted by Gasteiger charge is 2.09. The first-order chi connectivity index (χ1) is 9.13. The fourth-order valence-electron chi connectivity index (χ4n) is 1.24. The van der Waals surface area contributed by atoms with Gasteiger partial charge in [-0.15, -0.1) is 21.5 Å². The second kappa shape index (κ2) is 6.83. The number of carbonyl (C=O) groups is 1. The van der Waals surface area contributed by atoms with Crippen LogP contribution in [-0.2, 0) is 11.2 Å². The molecule has 0 saturated heterocycles. The molecule has 2 aromatic rings. The lowest BCUT2D eigenvalue weighted by atomic mass is 10.3. The van der Waals surface area contributed by atoms with Gasteiger partial charge < -0.3 is 5.32 Å². The van der Waals surface area contributed by atoms with Crippen molar-refractivity contribution >= 4 is 45.5 Å². The van der Waals surface area contributed by atoms with E-state index >= 15 is 0 Å². The minimum atomic E-state index is -0.0601. The van der Waals surface area contributed by atoms with Gasteiger partial charge in [-0.3, -0.25) is 4.79 Å². The smallest absolute Gasteiger partial charge is 0.231 e. The van der Waals surface area contributed by atoms with Crippen LogP contribution < -0.4 is 5.32 Å². The molecule has 0 fully saturated rings. The minimum Gasteiger partial charge on any atom is -0.300 e. The zero-order valence-corrected chi connectivity index (χ0v) is 12.8. The molecule has 0 aliphatic carbocycles. The second-order valence-corrected chi connectivity index (χ2v) is 7.16. The molecule has 0 atom stereocenters. The summed E-state index contributed by atoms with van der Waals surface area (Å²) in [6, 6.07) is 3.88. The Morgan fingerprint density at radius 1 is 1.53 bits per heavy atom. The minimum absolute atomic E-state index is 0.0601. The van der Waals surface area contributed by atoms with Crippen molar-refractivity contribution in [3.8, 4) is 0 Å². The van der Waals surface area contributed by atoms with Gasteiger partial charge in [-0.05, 0) is 18.4 Å². The van der Waals surface area contributed by atoms with Gasteiger partial charge in [-0.25, -0.2) is 0 Å². The topological polar surface area (TPSA) is 54.9 Å². The number of hydrogen-bond acceptors (Lipinski definition) is 6. The number of amides is 1. The van der Waals surface area contributed by atoms with Crippen LogP contribution in [0.4, 0.5) is 5.13 Å². The molecule has 7 heteroatoms. The quantitative estimate of drug-likeness (QED) is 0.504. The molecular weight excluding hydrogens is 298 g/mol. The average molecular weight is 311 g/mol. The standard InChI is InChI=1S/C12H13N3OS3/c1-8(2)7-18-12-15-14-11(19-12)13-10(16)6-9-4-3-5-17-9/h3-5H,1,6-7H2,2H3,(H,13,14,16). The number of carbonyl (C=O) groups excluding carboxylic acids is 1. The van der Waals surface area contributed by atoms with Crippen LogP contribution in [0.25, 0.3) is 0 Å². The van der Waals surface area contributed by atoms with Crippen molar-refractivity contribution in [1.82, 2.24) is 10.2 Å². The third-order valence-corrected chi connectivity index (χ3v) is 5.09. The van der Waals surface area contributed by atoms with Crippen LogP contribution in [0.15, 0.2) is 34.0 Å². The molecule has 0 spiro atoms. The van der Waals surface area contributed by atoms with E-state index in [-0.39, 0.29) is 5.91 Å². The molecule has 100 valence electrons. The molecule has 2 rings (SSSR count). The molecule has 0 radical (unpaired) electrons. The molecule has 0 unspecified atom stereocenters. The molecule has 1 N–H and O–H groups in total. The van der Waals surface area contributed by atoms with Crippen LogP contribution in [0.2, 0.25) is 0 Å². The zero-order valence-electron chi connectivity index (χ0n) is 10.4. The third-order valence-electron chi connectivity index (χ3n) is 2.01. The summed E-state index contributed by atoms with van der Waals surface area (Å²) in [6.07, 6.45) is 0.380. The van der Waals surface area contributed by atoms with E-state index in [0.29, 0.717) is 11.6 Å². The normalized spacial score (nSPS) is 10.4. The second-order valence-electron chi connectivity index (χ2n) is 3.92. The number of aromatic nitrogens is 2. The van der Waals surface area contributed by atoms with Crippen LogP contribution in [0.1, 0.15) is 11.8 Å². The Kier molecular flexibility index (Phi) is 5.12. The highest BCUT2D eigenvalue weighted by molar-refractivity contribution is 8.01. The number of nitrogens with zero attached hydrogens (tertiary/aromatic N) is 2. The zero-order chi connectivity index (χ0) is 13.7. The van der Waals surface area contributed by atoms with E-state index in [4.69, 9.17) is 0 Å². The monoisotopic (exact) mass is 311 g/mol. The Morgan fingerprint density at radius 2 is 2.37 bits per heavy atom. The van der Waals surface area contributed by atoms with Gasteiger partial charge in [0.2, 0.25) is 11.0 Å². The highest BCUT2D eigenvalue weighted by atomic mass is 32.2. The fraction of sp³-hybridized carbons (Fsp3) is 0.250. The summed E-state index contributed by atoms with van der Waals surface area (Å²) in [5.74, 6) is 0.757. The van der Waals surface area contributed by atoms with E-state index in [1.165, 1.54) is 11.3 Å². The first-order valence-electron chi connectivity index (χ1n) is 5.56. The van der Waals surface area contributed by atoms with E-state index in [2.05, 4.69) is 22.1 Å². The van der Waals surface area contributed by atoms with Crippen LogP contribution in [0, 0.1) is 0 Å². The maximum Gasteiger partial charge on any atom is 0.231 e. The van der Waals surface area contributed by atoms with Crippen LogP contribution in [0.5, 0.6) is 0 Å². The van der Waals surface area contributed by atoms with E-state index in [0.717, 1.165) is 20.5 Å². The van der Waals surface area contributed by atoms with E-state index in [9.17, 15) is 4.79 Å². The summed E-state index contributed by atoms with van der Waals surface area (Å²) in [5.41, 5.74) is 1.09. The maximum absolute atomic E-state index is 11.8. The summed E-state index contributed by atoms with van der Waals surface area (Å²) in [4.78, 5) is 12.8. The van der Waals surface area contributed by atoms with E-state index < -0.39 is 0 Å². The number of hydrogen-bond donors (Lipinski definition) is 1. The number of rotatable bonds is 6. The van der Waals surface area contributed by atoms with Crippen molar-refractivity contribution in [3.05, 3.63) is 34.5 Å². The maximum atomic E-state index is 11.8. The van der Waals surface area contributed by atoms with Crippen molar-refractivity contribution in [3.63, 3.8) is 0 Å². The van der Waals surface area contributed by atoms with Gasteiger partial charge in [0, 0.05) is 10.6 Å². The summed E-state index contributed by atoms with van der Waals surface area (Å²) in [5, 5.41) is 13.2. The molecular formula is C12H13N3OS3. The molecule has 2 aromatic heterocycles. The number of thioether (sulfide) groups is 1. The Morgan fingerprint density at radius 3 is 3.05 bits per heavy atom. The van der Waals surface area contributed by atoms with Gasteiger partial charge in [0.05, 0.1) is 6.42 Å². The Balaban J connectivity index is 1.85. The predicted molar refractivity (Wildman–Crippen MR) is 82.1 cm³/mol. The number of nitrogens with one attached hydrogen (secondary N) is 1. The van der Waals surface area contributed by atoms with Crippen molar-refractivity contribution in [2.75, 3.05) is 11.1 Å². The Hall–Kier alpha value is -1.18. The van der Waals surface area contributed by atoms with Crippen molar-refractivity contribution < 1.29 is 4.79 Å². The molecule has 0 aliphatic heterocycles. The van der Waals surface area contributed by atoms with Crippen molar-refractivity contribution in [2.45, 2.75) is 17.7 Å². The summed E-state index contributed by atoms with van der Waals surface area (Å²) < 4.78 is 0.842. The molecule has 0 bridgehead atoms. The van der Waals surface area contributed by atoms with Gasteiger partial charge in [-0.1, -0.05) is 41.3 Å².